The number of hydrogen-bond acceptors (Lipinski definition) is 2. The molecule has 1 aliphatic rings. The van der Waals surface area contributed by atoms with Crippen LogP contribution in [0.2, 0.25) is 0 Å². The van der Waals surface area contributed by atoms with Crippen LogP contribution in [0.25, 0.3) is 0 Å². The molecule has 2 amide bonds. The molecule has 1 unspecified atom stereocenters. The first-order chi connectivity index (χ1) is 9.54. The van der Waals surface area contributed by atoms with Gasteiger partial charge in [-0.2, -0.15) is 0 Å². The van der Waals surface area contributed by atoms with Crippen molar-refractivity contribution in [3.63, 3.8) is 0 Å². The Morgan fingerprint density at radius 2 is 1.90 bits per heavy atom. The van der Waals surface area contributed by atoms with Crippen molar-refractivity contribution in [2.45, 2.75) is 70.9 Å². The van der Waals surface area contributed by atoms with Gasteiger partial charge in [0.15, 0.2) is 0 Å². The number of likely N-dealkylation sites (tertiary alicyclic amines) is 1. The van der Waals surface area contributed by atoms with Crippen LogP contribution < -0.4 is 5.32 Å². The summed E-state index contributed by atoms with van der Waals surface area (Å²) in [4.78, 5) is 15.5. The third-order valence-electron chi connectivity index (χ3n) is 4.16. The first-order valence-electron chi connectivity index (χ1n) is 8.26. The van der Waals surface area contributed by atoms with E-state index in [1.54, 1.807) is 4.90 Å². The first kappa shape index (κ1) is 17.3. The number of nitrogens with one attached hydrogen (secondary N) is 1. The van der Waals surface area contributed by atoms with Gasteiger partial charge in [0.25, 0.3) is 0 Å². The maximum atomic E-state index is 11.9. The number of nitrogens with zero attached hydrogens (tertiary/aromatic N) is 2. The molecule has 4 heteroatoms. The van der Waals surface area contributed by atoms with E-state index in [1.807, 2.05) is 19.0 Å². The normalized spacial score (nSPS) is 18.1. The van der Waals surface area contributed by atoms with Crippen LogP contribution in [0, 0.1) is 0 Å². The quantitative estimate of drug-likeness (QED) is 0.729. The van der Waals surface area contributed by atoms with Gasteiger partial charge >= 0.3 is 6.03 Å². The van der Waals surface area contributed by atoms with Gasteiger partial charge < -0.3 is 15.1 Å². The molecule has 4 nitrogen and oxygen atoms in total. The summed E-state index contributed by atoms with van der Waals surface area (Å²) >= 11 is 0. The molecular formula is C16H33N3O. The van der Waals surface area contributed by atoms with Crippen LogP contribution in [0.15, 0.2) is 0 Å². The molecular weight excluding hydrogens is 250 g/mol. The summed E-state index contributed by atoms with van der Waals surface area (Å²) < 4.78 is 0. The van der Waals surface area contributed by atoms with Crippen LogP contribution in [-0.2, 0) is 0 Å². The zero-order valence-electron chi connectivity index (χ0n) is 13.8. The van der Waals surface area contributed by atoms with Crippen molar-refractivity contribution >= 4 is 6.03 Å². The molecule has 0 radical (unpaired) electrons. The Labute approximate surface area is 124 Å². The molecule has 1 atom stereocenters. The lowest BCUT2D eigenvalue weighted by Gasteiger charge is -2.35. The van der Waals surface area contributed by atoms with Gasteiger partial charge in [0, 0.05) is 39.3 Å². The van der Waals surface area contributed by atoms with E-state index < -0.39 is 0 Å². The number of urea groups is 1. The van der Waals surface area contributed by atoms with Crippen molar-refractivity contribution in [2.24, 2.45) is 0 Å². The van der Waals surface area contributed by atoms with E-state index in [0.29, 0.717) is 12.1 Å². The first-order valence-corrected chi connectivity index (χ1v) is 8.26. The summed E-state index contributed by atoms with van der Waals surface area (Å²) in [5.41, 5.74) is 0. The Hall–Kier alpha value is -0.770. The van der Waals surface area contributed by atoms with Gasteiger partial charge in [-0.3, -0.25) is 0 Å². The van der Waals surface area contributed by atoms with Crippen molar-refractivity contribution in [3.05, 3.63) is 0 Å². The standard InChI is InChI=1S/C16H33N3O/c1-5-6-7-8-9-14(2)17-15-10-12-19(13-11-15)16(20)18(3)4/h14-15,17H,5-13H2,1-4H3. The Morgan fingerprint density at radius 3 is 2.45 bits per heavy atom. The second-order valence-electron chi connectivity index (χ2n) is 6.36. The van der Waals surface area contributed by atoms with E-state index in [1.165, 1.54) is 32.1 Å². The number of carbonyl (C=O) groups is 1. The van der Waals surface area contributed by atoms with Crippen LogP contribution in [-0.4, -0.2) is 55.1 Å². The zero-order chi connectivity index (χ0) is 15.0. The van der Waals surface area contributed by atoms with Crippen LogP contribution >= 0.6 is 0 Å². The minimum atomic E-state index is 0.149. The molecule has 0 saturated carbocycles. The Kier molecular flexibility index (Phi) is 7.97. The van der Waals surface area contributed by atoms with E-state index >= 15 is 0 Å². The smallest absolute Gasteiger partial charge is 0.319 e. The van der Waals surface area contributed by atoms with E-state index in [4.69, 9.17) is 0 Å². The fourth-order valence-corrected chi connectivity index (χ4v) is 2.88. The number of piperidine rings is 1. The van der Waals surface area contributed by atoms with Gasteiger partial charge in [0.2, 0.25) is 0 Å². The predicted octanol–water partition coefficient (Wildman–Crippen LogP) is 3.08. The topological polar surface area (TPSA) is 35.6 Å². The molecule has 0 aromatic heterocycles. The average molecular weight is 283 g/mol. The van der Waals surface area contributed by atoms with Crippen molar-refractivity contribution in [1.29, 1.82) is 0 Å². The van der Waals surface area contributed by atoms with Crippen LogP contribution in [0.4, 0.5) is 4.79 Å². The highest BCUT2D eigenvalue weighted by atomic mass is 16.2. The Bertz CT molecular complexity index is 273. The highest BCUT2D eigenvalue weighted by Crippen LogP contribution is 2.14. The molecule has 1 N–H and O–H groups in total. The van der Waals surface area contributed by atoms with E-state index in [9.17, 15) is 4.79 Å². The molecule has 0 spiro atoms. The summed E-state index contributed by atoms with van der Waals surface area (Å²) in [5, 5.41) is 3.73. The molecule has 118 valence electrons. The molecule has 20 heavy (non-hydrogen) atoms. The lowest BCUT2D eigenvalue weighted by atomic mass is 10.0. The molecule has 0 aromatic carbocycles. The summed E-state index contributed by atoms with van der Waals surface area (Å²) in [6.45, 7) is 6.32. The van der Waals surface area contributed by atoms with E-state index in [2.05, 4.69) is 19.2 Å². The van der Waals surface area contributed by atoms with Gasteiger partial charge in [-0.25, -0.2) is 4.79 Å². The molecule has 1 fully saturated rings. The van der Waals surface area contributed by atoms with Crippen molar-refractivity contribution in [2.75, 3.05) is 27.2 Å². The van der Waals surface area contributed by atoms with Gasteiger partial charge in [-0.1, -0.05) is 32.6 Å². The summed E-state index contributed by atoms with van der Waals surface area (Å²) in [5.74, 6) is 0. The second-order valence-corrected chi connectivity index (χ2v) is 6.36. The second kappa shape index (κ2) is 9.22. The molecule has 0 bridgehead atoms. The van der Waals surface area contributed by atoms with Gasteiger partial charge in [-0.15, -0.1) is 0 Å². The monoisotopic (exact) mass is 283 g/mol. The number of rotatable bonds is 7. The molecule has 1 rings (SSSR count). The lowest BCUT2D eigenvalue weighted by Crippen LogP contribution is -2.49. The van der Waals surface area contributed by atoms with Crippen molar-refractivity contribution in [1.82, 2.24) is 15.1 Å². The maximum Gasteiger partial charge on any atom is 0.319 e. The van der Waals surface area contributed by atoms with Crippen molar-refractivity contribution in [3.8, 4) is 0 Å². The fraction of sp³-hybridized carbons (Fsp3) is 0.938. The molecule has 1 saturated heterocycles. The predicted molar refractivity (Wildman–Crippen MR) is 85.0 cm³/mol. The molecule has 0 aliphatic carbocycles. The SMILES string of the molecule is CCCCCCC(C)NC1CCN(C(=O)N(C)C)CC1. The molecule has 1 aliphatic heterocycles. The average Bonchev–Trinajstić information content (AvgIpc) is 2.43. The molecule has 0 aromatic rings. The summed E-state index contributed by atoms with van der Waals surface area (Å²) in [6, 6.07) is 1.34. The van der Waals surface area contributed by atoms with Gasteiger partial charge in [0.1, 0.15) is 0 Å². The lowest BCUT2D eigenvalue weighted by molar-refractivity contribution is 0.150. The minimum Gasteiger partial charge on any atom is -0.331 e. The van der Waals surface area contributed by atoms with Crippen LogP contribution in [0.5, 0.6) is 0 Å². The summed E-state index contributed by atoms with van der Waals surface area (Å²) in [6.07, 6.45) is 8.80. The Balaban J connectivity index is 2.17. The summed E-state index contributed by atoms with van der Waals surface area (Å²) in [7, 11) is 3.65. The molecule has 1 heterocycles. The highest BCUT2D eigenvalue weighted by molar-refractivity contribution is 5.73. The zero-order valence-corrected chi connectivity index (χ0v) is 13.8. The number of hydrogen-bond donors (Lipinski definition) is 1. The third kappa shape index (κ3) is 6.12. The van der Waals surface area contributed by atoms with Crippen molar-refractivity contribution < 1.29 is 4.79 Å². The number of unbranched alkanes of at least 4 members (excludes halogenated alkanes) is 3. The fourth-order valence-electron chi connectivity index (χ4n) is 2.88. The number of amides is 2. The number of carbonyl (C=O) groups excluding carboxylic acids is 1. The minimum absolute atomic E-state index is 0.149. The van der Waals surface area contributed by atoms with E-state index in [-0.39, 0.29) is 6.03 Å². The van der Waals surface area contributed by atoms with Gasteiger partial charge in [-0.05, 0) is 26.2 Å². The highest BCUT2D eigenvalue weighted by Gasteiger charge is 2.24. The largest absolute Gasteiger partial charge is 0.331 e. The van der Waals surface area contributed by atoms with Crippen LogP contribution in [0.1, 0.15) is 58.8 Å². The van der Waals surface area contributed by atoms with E-state index in [0.717, 1.165) is 25.9 Å². The maximum absolute atomic E-state index is 11.9. The third-order valence-corrected chi connectivity index (χ3v) is 4.16. The Morgan fingerprint density at radius 1 is 1.25 bits per heavy atom. The van der Waals surface area contributed by atoms with Gasteiger partial charge in [0.05, 0.1) is 0 Å². The van der Waals surface area contributed by atoms with Crippen LogP contribution in [0.3, 0.4) is 0 Å².